The van der Waals surface area contributed by atoms with Crippen LogP contribution in [0.5, 0.6) is 11.5 Å². The highest BCUT2D eigenvalue weighted by Gasteiger charge is 2.17. The van der Waals surface area contributed by atoms with Crippen LogP contribution >= 0.6 is 0 Å². The Bertz CT molecular complexity index is 422. The van der Waals surface area contributed by atoms with Crippen LogP contribution < -0.4 is 14.8 Å². The third-order valence-electron chi connectivity index (χ3n) is 3.66. The molecular formula is C16H25NO3. The van der Waals surface area contributed by atoms with Gasteiger partial charge in [0.2, 0.25) is 0 Å². The van der Waals surface area contributed by atoms with E-state index in [1.807, 2.05) is 6.07 Å². The molecule has 0 bridgehead atoms. The Hall–Kier alpha value is -1.26. The number of aliphatic hydroxyl groups excluding tert-OH is 1. The summed E-state index contributed by atoms with van der Waals surface area (Å²) < 4.78 is 11.2. The highest BCUT2D eigenvalue weighted by molar-refractivity contribution is 5.44. The van der Waals surface area contributed by atoms with Gasteiger partial charge in [-0.15, -0.1) is 0 Å². The van der Waals surface area contributed by atoms with Gasteiger partial charge in [0.25, 0.3) is 0 Å². The fourth-order valence-electron chi connectivity index (χ4n) is 2.55. The maximum Gasteiger partial charge on any atom is 0.161 e. The van der Waals surface area contributed by atoms with E-state index in [0.717, 1.165) is 30.8 Å². The molecule has 1 aliphatic heterocycles. The van der Waals surface area contributed by atoms with Crippen molar-refractivity contribution in [3.05, 3.63) is 23.8 Å². The van der Waals surface area contributed by atoms with E-state index in [2.05, 4.69) is 31.3 Å². The van der Waals surface area contributed by atoms with Gasteiger partial charge in [-0.05, 0) is 43.9 Å². The first-order valence-electron chi connectivity index (χ1n) is 7.51. The normalized spacial score (nSPS) is 16.8. The first-order chi connectivity index (χ1) is 9.74. The van der Waals surface area contributed by atoms with Crippen LogP contribution in [-0.4, -0.2) is 31.0 Å². The highest BCUT2D eigenvalue weighted by Crippen LogP contribution is 2.33. The molecule has 2 rings (SSSR count). The minimum Gasteiger partial charge on any atom is -0.486 e. The molecule has 1 aromatic rings. The number of benzene rings is 1. The SMILES string of the molecule is CCC(NC(C)CCCO)c1ccc2c(c1)OCCO2. The van der Waals surface area contributed by atoms with Crippen LogP contribution in [0.15, 0.2) is 18.2 Å². The van der Waals surface area contributed by atoms with Gasteiger partial charge in [0.1, 0.15) is 13.2 Å². The summed E-state index contributed by atoms with van der Waals surface area (Å²) in [6.07, 6.45) is 2.84. The minimum atomic E-state index is 0.257. The van der Waals surface area contributed by atoms with E-state index in [1.165, 1.54) is 5.56 Å². The standard InChI is InChI=1S/C16H25NO3/c1-3-14(17-12(2)5-4-8-18)13-6-7-15-16(11-13)20-10-9-19-15/h6-7,11-12,14,17-18H,3-5,8-10H2,1-2H3. The third kappa shape index (κ3) is 3.87. The molecule has 1 aliphatic rings. The molecule has 1 aromatic carbocycles. The summed E-state index contributed by atoms with van der Waals surface area (Å²) in [5.41, 5.74) is 1.23. The van der Waals surface area contributed by atoms with Gasteiger partial charge in [0.05, 0.1) is 0 Å². The van der Waals surface area contributed by atoms with Crippen molar-refractivity contribution in [3.8, 4) is 11.5 Å². The Morgan fingerprint density at radius 1 is 1.25 bits per heavy atom. The van der Waals surface area contributed by atoms with Crippen molar-refractivity contribution < 1.29 is 14.6 Å². The van der Waals surface area contributed by atoms with Crippen LogP contribution in [-0.2, 0) is 0 Å². The lowest BCUT2D eigenvalue weighted by Gasteiger charge is -2.25. The lowest BCUT2D eigenvalue weighted by Crippen LogP contribution is -2.30. The van der Waals surface area contributed by atoms with Crippen LogP contribution in [0.25, 0.3) is 0 Å². The summed E-state index contributed by atoms with van der Waals surface area (Å²) in [4.78, 5) is 0. The highest BCUT2D eigenvalue weighted by atomic mass is 16.6. The van der Waals surface area contributed by atoms with Crippen LogP contribution in [0.4, 0.5) is 0 Å². The number of ether oxygens (including phenoxy) is 2. The molecule has 0 aliphatic carbocycles. The van der Waals surface area contributed by atoms with E-state index in [9.17, 15) is 0 Å². The van der Waals surface area contributed by atoms with E-state index < -0.39 is 0 Å². The second-order valence-electron chi connectivity index (χ2n) is 5.30. The number of aliphatic hydroxyl groups is 1. The van der Waals surface area contributed by atoms with E-state index in [4.69, 9.17) is 14.6 Å². The Balaban J connectivity index is 2.03. The monoisotopic (exact) mass is 279 g/mol. The Kier molecular flexibility index (Phi) is 5.68. The van der Waals surface area contributed by atoms with Gasteiger partial charge in [-0.1, -0.05) is 13.0 Å². The van der Waals surface area contributed by atoms with Crippen LogP contribution in [0.3, 0.4) is 0 Å². The van der Waals surface area contributed by atoms with Gasteiger partial charge in [0, 0.05) is 18.7 Å². The van der Waals surface area contributed by atoms with Gasteiger partial charge in [-0.2, -0.15) is 0 Å². The molecule has 0 saturated carbocycles. The zero-order valence-electron chi connectivity index (χ0n) is 12.4. The second-order valence-corrected chi connectivity index (χ2v) is 5.30. The van der Waals surface area contributed by atoms with Crippen LogP contribution in [0.2, 0.25) is 0 Å². The summed E-state index contributed by atoms with van der Waals surface area (Å²) in [7, 11) is 0. The quantitative estimate of drug-likeness (QED) is 0.805. The summed E-state index contributed by atoms with van der Waals surface area (Å²) >= 11 is 0. The molecule has 0 fully saturated rings. The lowest BCUT2D eigenvalue weighted by atomic mass is 10.0. The van der Waals surface area contributed by atoms with Crippen molar-refractivity contribution in [1.29, 1.82) is 0 Å². The van der Waals surface area contributed by atoms with E-state index in [0.29, 0.717) is 25.3 Å². The van der Waals surface area contributed by atoms with Gasteiger partial charge >= 0.3 is 0 Å². The van der Waals surface area contributed by atoms with Crippen molar-refractivity contribution >= 4 is 0 Å². The largest absolute Gasteiger partial charge is 0.486 e. The Morgan fingerprint density at radius 3 is 2.70 bits per heavy atom. The first kappa shape index (κ1) is 15.1. The van der Waals surface area contributed by atoms with E-state index in [-0.39, 0.29) is 6.61 Å². The zero-order chi connectivity index (χ0) is 14.4. The van der Waals surface area contributed by atoms with E-state index >= 15 is 0 Å². The molecule has 2 N–H and O–H groups in total. The molecular weight excluding hydrogens is 254 g/mol. The first-order valence-corrected chi connectivity index (χ1v) is 7.51. The summed E-state index contributed by atoms with van der Waals surface area (Å²) in [6, 6.07) is 6.87. The smallest absolute Gasteiger partial charge is 0.161 e. The summed E-state index contributed by atoms with van der Waals surface area (Å²) in [6.45, 7) is 5.84. The predicted octanol–water partition coefficient (Wildman–Crippen LogP) is 2.66. The molecule has 20 heavy (non-hydrogen) atoms. The molecule has 0 aromatic heterocycles. The molecule has 1 heterocycles. The number of rotatable bonds is 7. The van der Waals surface area contributed by atoms with Gasteiger partial charge < -0.3 is 19.9 Å². The van der Waals surface area contributed by atoms with Crippen molar-refractivity contribution in [3.63, 3.8) is 0 Å². The molecule has 0 saturated heterocycles. The fourth-order valence-corrected chi connectivity index (χ4v) is 2.55. The molecule has 0 amide bonds. The molecule has 4 heteroatoms. The van der Waals surface area contributed by atoms with Crippen molar-refractivity contribution in [2.75, 3.05) is 19.8 Å². The number of nitrogens with one attached hydrogen (secondary N) is 1. The molecule has 0 radical (unpaired) electrons. The zero-order valence-corrected chi connectivity index (χ0v) is 12.4. The van der Waals surface area contributed by atoms with Crippen molar-refractivity contribution in [2.24, 2.45) is 0 Å². The van der Waals surface area contributed by atoms with Crippen LogP contribution in [0.1, 0.15) is 44.7 Å². The molecule has 2 atom stereocenters. The molecule has 112 valence electrons. The number of hydrogen-bond acceptors (Lipinski definition) is 4. The summed E-state index contributed by atoms with van der Waals surface area (Å²) in [5.74, 6) is 1.68. The number of hydrogen-bond donors (Lipinski definition) is 2. The Labute approximate surface area is 121 Å². The molecule has 2 unspecified atom stereocenters. The predicted molar refractivity (Wildman–Crippen MR) is 79.4 cm³/mol. The van der Waals surface area contributed by atoms with Crippen molar-refractivity contribution in [1.82, 2.24) is 5.32 Å². The average Bonchev–Trinajstić information content (AvgIpc) is 2.50. The fraction of sp³-hybridized carbons (Fsp3) is 0.625. The third-order valence-corrected chi connectivity index (χ3v) is 3.66. The average molecular weight is 279 g/mol. The maximum atomic E-state index is 8.90. The van der Waals surface area contributed by atoms with E-state index in [1.54, 1.807) is 0 Å². The van der Waals surface area contributed by atoms with Gasteiger partial charge in [-0.3, -0.25) is 0 Å². The van der Waals surface area contributed by atoms with Gasteiger partial charge in [-0.25, -0.2) is 0 Å². The topological polar surface area (TPSA) is 50.7 Å². The molecule has 4 nitrogen and oxygen atoms in total. The minimum absolute atomic E-state index is 0.257. The lowest BCUT2D eigenvalue weighted by molar-refractivity contribution is 0.171. The summed E-state index contributed by atoms with van der Waals surface area (Å²) in [5, 5.41) is 12.5. The number of fused-ring (bicyclic) bond motifs is 1. The molecule has 0 spiro atoms. The second kappa shape index (κ2) is 7.50. The maximum absolute atomic E-state index is 8.90. The van der Waals surface area contributed by atoms with Crippen LogP contribution in [0, 0.1) is 0 Å². The van der Waals surface area contributed by atoms with Crippen molar-refractivity contribution in [2.45, 2.75) is 45.2 Å². The van der Waals surface area contributed by atoms with Gasteiger partial charge in [0.15, 0.2) is 11.5 Å². The Morgan fingerprint density at radius 2 is 2.00 bits per heavy atom.